The molecule has 1 saturated heterocycles. The minimum Gasteiger partial charge on any atom is -0.458 e. The fraction of sp³-hybridized carbons (Fsp3) is 0.862. The van der Waals surface area contributed by atoms with Gasteiger partial charge in [-0.15, -0.1) is 0 Å². The molecule has 5 fully saturated rings. The number of aldehydes is 1. The molecule has 0 radical (unpaired) electrons. The second-order valence-corrected chi connectivity index (χ2v) is 13.4. The molecule has 10 heteroatoms. The van der Waals surface area contributed by atoms with Gasteiger partial charge in [-0.25, -0.2) is 4.79 Å². The van der Waals surface area contributed by atoms with Crippen molar-refractivity contribution in [2.24, 2.45) is 28.6 Å². The fourth-order valence-corrected chi connectivity index (χ4v) is 9.75. The highest BCUT2D eigenvalue weighted by Crippen LogP contribution is 2.70. The van der Waals surface area contributed by atoms with Crippen LogP contribution in [0.25, 0.3) is 0 Å². The predicted molar refractivity (Wildman–Crippen MR) is 135 cm³/mol. The Labute approximate surface area is 228 Å². The van der Waals surface area contributed by atoms with Gasteiger partial charge in [-0.2, -0.15) is 0 Å². The van der Waals surface area contributed by atoms with E-state index in [-0.39, 0.29) is 36.8 Å². The van der Waals surface area contributed by atoms with Crippen LogP contribution in [0.15, 0.2) is 11.6 Å². The monoisotopic (exact) mass is 550 g/mol. The van der Waals surface area contributed by atoms with E-state index in [1.807, 2.05) is 0 Å². The molecule has 2 heterocycles. The SMILES string of the molecule is C[C@H]1O[C@@H](OC2CC[C@]3(C=O)C4CC[C@]5(C)[C@@H](C6=CC(=O)OC6)CC[C@]5(O)C4CC[C@]3(O)C2)[C@H](O)[C@H](O)[C@@H]1O. The van der Waals surface area contributed by atoms with Crippen LogP contribution in [0.5, 0.6) is 0 Å². The van der Waals surface area contributed by atoms with Gasteiger partial charge in [0.05, 0.1) is 28.8 Å². The number of cyclic esters (lactones) is 1. The van der Waals surface area contributed by atoms with Crippen molar-refractivity contribution in [2.75, 3.05) is 6.61 Å². The van der Waals surface area contributed by atoms with Crippen LogP contribution in [0.2, 0.25) is 0 Å². The summed E-state index contributed by atoms with van der Waals surface area (Å²) in [5.41, 5.74) is -2.86. The summed E-state index contributed by atoms with van der Waals surface area (Å²) in [5.74, 6) is -0.616. The summed E-state index contributed by atoms with van der Waals surface area (Å²) in [6.45, 7) is 3.98. The van der Waals surface area contributed by atoms with E-state index in [1.165, 1.54) is 0 Å². The molecule has 13 atom stereocenters. The molecular formula is C29H42O10. The van der Waals surface area contributed by atoms with E-state index in [4.69, 9.17) is 14.2 Å². The molecule has 0 aromatic rings. The third-order valence-electron chi connectivity index (χ3n) is 12.0. The van der Waals surface area contributed by atoms with Gasteiger partial charge in [0.2, 0.25) is 0 Å². The van der Waals surface area contributed by atoms with Crippen LogP contribution in [0.4, 0.5) is 0 Å². The largest absolute Gasteiger partial charge is 0.458 e. The fourth-order valence-electron chi connectivity index (χ4n) is 9.75. The number of aliphatic hydroxyl groups is 5. The van der Waals surface area contributed by atoms with E-state index < -0.39 is 58.8 Å². The van der Waals surface area contributed by atoms with Gasteiger partial charge in [-0.3, -0.25) is 0 Å². The molecule has 0 aromatic carbocycles. The molecule has 0 aromatic heterocycles. The van der Waals surface area contributed by atoms with Crippen LogP contribution < -0.4 is 0 Å². The third kappa shape index (κ3) is 3.78. The summed E-state index contributed by atoms with van der Waals surface area (Å²) in [6.07, 6.45) is 0.689. The summed E-state index contributed by atoms with van der Waals surface area (Å²) in [4.78, 5) is 24.8. The van der Waals surface area contributed by atoms with Crippen molar-refractivity contribution in [2.45, 2.75) is 120 Å². The molecular weight excluding hydrogens is 508 g/mol. The Balaban J connectivity index is 1.22. The van der Waals surface area contributed by atoms with E-state index in [9.17, 15) is 35.1 Å². The maximum Gasteiger partial charge on any atom is 0.331 e. The normalized spacial score (nSPS) is 55.2. The van der Waals surface area contributed by atoms with Crippen LogP contribution in [0.1, 0.15) is 71.6 Å². The van der Waals surface area contributed by atoms with Gasteiger partial charge in [-0.05, 0) is 81.6 Å². The second kappa shape index (κ2) is 9.31. The zero-order chi connectivity index (χ0) is 28.0. The Morgan fingerprint density at radius 2 is 1.72 bits per heavy atom. The van der Waals surface area contributed by atoms with Crippen molar-refractivity contribution in [1.29, 1.82) is 0 Å². The highest BCUT2D eigenvalue weighted by Gasteiger charge is 2.71. The predicted octanol–water partition coefficient (Wildman–Crippen LogP) is 0.750. The number of hydrogen-bond donors (Lipinski definition) is 5. The molecule has 0 spiro atoms. The van der Waals surface area contributed by atoms with Gasteiger partial charge in [0.15, 0.2) is 6.29 Å². The van der Waals surface area contributed by atoms with Crippen LogP contribution in [-0.2, 0) is 23.8 Å². The minimum atomic E-state index is -1.43. The molecule has 218 valence electrons. The molecule has 0 bridgehead atoms. The smallest absolute Gasteiger partial charge is 0.331 e. The minimum absolute atomic E-state index is 0.0465. The standard InChI is InChI=1S/C29H42O10/c1-15-22(32)23(33)24(34)25(38-15)39-17-3-8-27(14-30)19-4-7-26(2)18(16-11-21(31)37-13-16)6-10-29(26,36)20(19)5-9-28(27,35)12-17/h11,14-15,17-20,22-25,32-36H,3-10,12-13H2,1-2H3/t15-,17?,18-,19?,20?,22-,23-,24-,25+,26-,27+,28+,29+/m1/s1. The van der Waals surface area contributed by atoms with Crippen LogP contribution in [0, 0.1) is 28.6 Å². The van der Waals surface area contributed by atoms with Crippen LogP contribution in [-0.4, -0.2) is 92.4 Å². The number of carbonyl (C=O) groups is 2. The van der Waals surface area contributed by atoms with E-state index in [2.05, 4.69) is 6.92 Å². The molecule has 6 aliphatic rings. The highest BCUT2D eigenvalue weighted by molar-refractivity contribution is 5.85. The number of rotatable bonds is 4. The number of esters is 1. The molecule has 2 aliphatic heterocycles. The summed E-state index contributed by atoms with van der Waals surface area (Å²) < 4.78 is 16.9. The number of fused-ring (bicyclic) bond motifs is 5. The van der Waals surface area contributed by atoms with Crippen molar-refractivity contribution in [3.05, 3.63) is 11.6 Å². The van der Waals surface area contributed by atoms with Gasteiger partial charge in [0.25, 0.3) is 0 Å². The molecule has 4 aliphatic carbocycles. The highest BCUT2D eigenvalue weighted by atomic mass is 16.7. The average Bonchev–Trinajstić information content (AvgIpc) is 3.45. The summed E-state index contributed by atoms with van der Waals surface area (Å²) in [5, 5.41) is 55.0. The topological polar surface area (TPSA) is 163 Å². The van der Waals surface area contributed by atoms with Gasteiger partial charge in [0.1, 0.15) is 31.2 Å². The first-order chi connectivity index (χ1) is 18.4. The number of carbonyl (C=O) groups excluding carboxylic acids is 2. The van der Waals surface area contributed by atoms with Gasteiger partial charge >= 0.3 is 5.97 Å². The molecule has 6 rings (SSSR count). The lowest BCUT2D eigenvalue weighted by Gasteiger charge is -2.65. The zero-order valence-electron chi connectivity index (χ0n) is 22.7. The maximum absolute atomic E-state index is 13.0. The second-order valence-electron chi connectivity index (χ2n) is 13.4. The Bertz CT molecular complexity index is 1050. The lowest BCUT2D eigenvalue weighted by molar-refractivity contribution is -0.317. The molecule has 3 unspecified atom stereocenters. The number of aliphatic hydroxyl groups excluding tert-OH is 3. The van der Waals surface area contributed by atoms with Crippen molar-refractivity contribution in [3.8, 4) is 0 Å². The number of hydrogen-bond acceptors (Lipinski definition) is 10. The Morgan fingerprint density at radius 3 is 2.41 bits per heavy atom. The van der Waals surface area contributed by atoms with Crippen LogP contribution in [0.3, 0.4) is 0 Å². The first-order valence-electron chi connectivity index (χ1n) is 14.5. The summed E-state index contributed by atoms with van der Waals surface area (Å²) in [6, 6.07) is 0. The Hall–Kier alpha value is -1.40. The number of ether oxygens (including phenoxy) is 3. The molecule has 39 heavy (non-hydrogen) atoms. The van der Waals surface area contributed by atoms with Crippen molar-refractivity contribution in [1.82, 2.24) is 0 Å². The Morgan fingerprint density at radius 1 is 0.974 bits per heavy atom. The van der Waals surface area contributed by atoms with Gasteiger partial charge in [0, 0.05) is 17.9 Å². The van der Waals surface area contributed by atoms with Crippen molar-refractivity contribution < 1.29 is 49.3 Å². The zero-order valence-corrected chi connectivity index (χ0v) is 22.7. The average molecular weight is 551 g/mol. The first-order valence-corrected chi connectivity index (χ1v) is 14.5. The molecule has 0 amide bonds. The Kier molecular flexibility index (Phi) is 6.62. The first kappa shape index (κ1) is 27.8. The lowest BCUT2D eigenvalue weighted by Crippen LogP contribution is -2.69. The van der Waals surface area contributed by atoms with Crippen LogP contribution >= 0.6 is 0 Å². The van der Waals surface area contributed by atoms with Crippen molar-refractivity contribution >= 4 is 12.3 Å². The quantitative estimate of drug-likeness (QED) is 0.192. The maximum atomic E-state index is 13.0. The third-order valence-corrected chi connectivity index (χ3v) is 12.0. The lowest BCUT2D eigenvalue weighted by atomic mass is 9.41. The van der Waals surface area contributed by atoms with Gasteiger partial charge < -0.3 is 44.5 Å². The summed E-state index contributed by atoms with van der Waals surface area (Å²) >= 11 is 0. The van der Waals surface area contributed by atoms with E-state index in [1.54, 1.807) is 13.0 Å². The molecule has 4 saturated carbocycles. The van der Waals surface area contributed by atoms with E-state index in [0.29, 0.717) is 44.9 Å². The summed E-state index contributed by atoms with van der Waals surface area (Å²) in [7, 11) is 0. The molecule has 5 N–H and O–H groups in total. The van der Waals surface area contributed by atoms with Gasteiger partial charge in [-0.1, -0.05) is 6.92 Å². The molecule has 10 nitrogen and oxygen atoms in total. The van der Waals surface area contributed by atoms with E-state index in [0.717, 1.165) is 18.3 Å². The van der Waals surface area contributed by atoms with E-state index >= 15 is 0 Å². The van der Waals surface area contributed by atoms with Crippen molar-refractivity contribution in [3.63, 3.8) is 0 Å².